The van der Waals surface area contributed by atoms with Gasteiger partial charge in [-0.2, -0.15) is 0 Å². The van der Waals surface area contributed by atoms with Crippen molar-refractivity contribution in [1.82, 2.24) is 14.8 Å². The second-order valence-corrected chi connectivity index (χ2v) is 7.17. The third-order valence-corrected chi connectivity index (χ3v) is 5.21. The monoisotopic (exact) mass is 362 g/mol. The average molecular weight is 362 g/mol. The van der Waals surface area contributed by atoms with Gasteiger partial charge >= 0.3 is 0 Å². The van der Waals surface area contributed by atoms with Gasteiger partial charge in [0.25, 0.3) is 0 Å². The van der Waals surface area contributed by atoms with Crippen LogP contribution in [0.2, 0.25) is 0 Å². The highest BCUT2D eigenvalue weighted by Gasteiger charge is 2.35. The molecule has 0 saturated carbocycles. The second-order valence-electron chi connectivity index (χ2n) is 7.17. The number of nitrogens with zero attached hydrogens (tertiary/aromatic N) is 3. The first-order chi connectivity index (χ1) is 12.4. The summed E-state index contributed by atoms with van der Waals surface area (Å²) < 4.78 is 35.5. The maximum Gasteiger partial charge on any atom is 0.199 e. The van der Waals surface area contributed by atoms with Gasteiger partial charge < -0.3 is 9.30 Å². The molecule has 0 fully saturated rings. The zero-order valence-corrected chi connectivity index (χ0v) is 15.1. The van der Waals surface area contributed by atoms with Crippen molar-refractivity contribution in [3.05, 3.63) is 47.0 Å². The number of ether oxygens (including phenoxy) is 1. The quantitative estimate of drug-likeness (QED) is 0.815. The van der Waals surface area contributed by atoms with Crippen molar-refractivity contribution < 1.29 is 18.3 Å². The fourth-order valence-electron chi connectivity index (χ4n) is 3.56. The van der Waals surface area contributed by atoms with E-state index in [0.29, 0.717) is 36.6 Å². The van der Waals surface area contributed by atoms with E-state index in [0.717, 1.165) is 6.07 Å². The largest absolute Gasteiger partial charge is 0.371 e. The highest BCUT2D eigenvalue weighted by molar-refractivity contribution is 5.52. The Labute approximate surface area is 151 Å². The molecule has 0 bridgehead atoms. The van der Waals surface area contributed by atoms with Gasteiger partial charge in [0.2, 0.25) is 0 Å². The lowest BCUT2D eigenvalue weighted by molar-refractivity contribution is 0.00787. The lowest BCUT2D eigenvalue weighted by Crippen LogP contribution is -2.27. The normalized spacial score (nSPS) is 20.5. The van der Waals surface area contributed by atoms with E-state index in [4.69, 9.17) is 4.74 Å². The Morgan fingerprint density at radius 1 is 1.31 bits per heavy atom. The van der Waals surface area contributed by atoms with Crippen molar-refractivity contribution in [2.45, 2.75) is 57.1 Å². The van der Waals surface area contributed by atoms with Crippen LogP contribution in [0.5, 0.6) is 0 Å². The minimum absolute atomic E-state index is 0.150. The van der Waals surface area contributed by atoms with Crippen LogP contribution in [-0.2, 0) is 21.7 Å². The number of benzene rings is 1. The molecule has 0 N–H and O–H groups in total. The molecule has 0 saturated heterocycles. The Morgan fingerprint density at radius 2 is 2.08 bits per heavy atom. The van der Waals surface area contributed by atoms with Crippen LogP contribution in [0, 0.1) is 11.6 Å². The molecular weight excluding hydrogens is 340 g/mol. The molecule has 2 heterocycles. The van der Waals surface area contributed by atoms with E-state index in [2.05, 4.69) is 10.2 Å². The van der Waals surface area contributed by atoms with Gasteiger partial charge in [-0.05, 0) is 38.3 Å². The van der Waals surface area contributed by atoms with Gasteiger partial charge in [-0.15, -0.1) is 10.2 Å². The fourth-order valence-corrected chi connectivity index (χ4v) is 3.56. The van der Waals surface area contributed by atoms with Crippen LogP contribution in [0.25, 0.3) is 0 Å². The maximum absolute atomic E-state index is 14.4. The van der Waals surface area contributed by atoms with Gasteiger partial charge in [-0.1, -0.05) is 12.1 Å². The number of halogens is 2. The van der Waals surface area contributed by atoms with E-state index in [1.807, 2.05) is 24.7 Å². The summed E-state index contributed by atoms with van der Waals surface area (Å²) in [5.74, 6) is -0.792. The van der Waals surface area contributed by atoms with E-state index >= 15 is 0 Å². The molecule has 0 unspecified atom stereocenters. The Kier molecular flexibility index (Phi) is 5.18. The lowest BCUT2D eigenvalue weighted by Gasteiger charge is -2.25. The molecule has 1 aliphatic rings. The SMILES string of the molecule is COC(C)(C)c1nnc2n1C[C@@H](c1cccc(F)c1F)CC[C@@H]2C[C]=O. The van der Waals surface area contributed by atoms with E-state index in [1.165, 1.54) is 6.07 Å². The molecule has 2 aromatic rings. The number of hydrogen-bond acceptors (Lipinski definition) is 4. The number of methoxy groups -OCH3 is 1. The van der Waals surface area contributed by atoms with Crippen LogP contribution in [0.15, 0.2) is 18.2 Å². The van der Waals surface area contributed by atoms with Crippen molar-refractivity contribution in [2.75, 3.05) is 7.11 Å². The summed E-state index contributed by atoms with van der Waals surface area (Å²) in [6.07, 6.45) is 3.39. The molecule has 139 valence electrons. The molecule has 0 amide bonds. The van der Waals surface area contributed by atoms with E-state index < -0.39 is 17.2 Å². The second kappa shape index (κ2) is 7.23. The van der Waals surface area contributed by atoms with Crippen molar-refractivity contribution in [3.63, 3.8) is 0 Å². The average Bonchev–Trinajstić information content (AvgIpc) is 2.96. The number of aromatic nitrogens is 3. The zero-order chi connectivity index (χ0) is 18.9. The predicted molar refractivity (Wildman–Crippen MR) is 91.4 cm³/mol. The summed E-state index contributed by atoms with van der Waals surface area (Å²) in [6, 6.07) is 4.24. The van der Waals surface area contributed by atoms with Crippen LogP contribution in [-0.4, -0.2) is 28.2 Å². The number of rotatable bonds is 5. The minimum Gasteiger partial charge on any atom is -0.371 e. The smallest absolute Gasteiger partial charge is 0.199 e. The molecule has 0 aliphatic carbocycles. The number of carbonyl (C=O) groups excluding carboxylic acids is 1. The molecule has 1 aliphatic heterocycles. The molecule has 2 atom stereocenters. The molecule has 3 rings (SSSR count). The Balaban J connectivity index is 2.07. The molecule has 7 heteroatoms. The summed E-state index contributed by atoms with van der Waals surface area (Å²) in [5.41, 5.74) is -0.364. The van der Waals surface area contributed by atoms with Crippen molar-refractivity contribution in [2.24, 2.45) is 0 Å². The summed E-state index contributed by atoms with van der Waals surface area (Å²) in [6.45, 7) is 4.14. The molecule has 5 nitrogen and oxygen atoms in total. The summed E-state index contributed by atoms with van der Waals surface area (Å²) in [7, 11) is 1.58. The summed E-state index contributed by atoms with van der Waals surface area (Å²) in [4.78, 5) is 11.0. The van der Waals surface area contributed by atoms with Gasteiger partial charge in [-0.25, -0.2) is 8.78 Å². The first kappa shape index (κ1) is 18.6. The third kappa shape index (κ3) is 3.28. The molecule has 1 radical (unpaired) electrons. The molecule has 26 heavy (non-hydrogen) atoms. The molecular formula is C19H22F2N3O2. The zero-order valence-electron chi connectivity index (χ0n) is 15.1. The molecule has 1 aromatic heterocycles. The minimum atomic E-state index is -0.856. The van der Waals surface area contributed by atoms with Crippen LogP contribution in [0.3, 0.4) is 0 Å². The van der Waals surface area contributed by atoms with Crippen LogP contribution in [0.4, 0.5) is 8.78 Å². The maximum atomic E-state index is 14.4. The first-order valence-electron chi connectivity index (χ1n) is 8.66. The topological polar surface area (TPSA) is 57.0 Å². The highest BCUT2D eigenvalue weighted by atomic mass is 19.2. The fraction of sp³-hybridized carbons (Fsp3) is 0.526. The van der Waals surface area contributed by atoms with Crippen LogP contribution < -0.4 is 0 Å². The number of hydrogen-bond donors (Lipinski definition) is 0. The van der Waals surface area contributed by atoms with Crippen molar-refractivity contribution >= 4 is 6.29 Å². The standard InChI is InChI=1S/C19H22F2N3O2/c1-19(2,26-3)18-23-22-17-12(9-10-25)7-8-13(11-24(17)18)14-5-4-6-15(20)16(14)21/h4-6,12-13H,7-9,11H2,1-3H3/t12-,13+/m1/s1. The van der Waals surface area contributed by atoms with Gasteiger partial charge in [0, 0.05) is 31.9 Å². The molecule has 0 spiro atoms. The van der Waals surface area contributed by atoms with Crippen molar-refractivity contribution in [1.29, 1.82) is 0 Å². The van der Waals surface area contributed by atoms with Gasteiger partial charge in [0.1, 0.15) is 11.4 Å². The Hall–Kier alpha value is -2.15. The predicted octanol–water partition coefficient (Wildman–Crippen LogP) is 3.60. The number of fused-ring (bicyclic) bond motifs is 1. The van der Waals surface area contributed by atoms with Gasteiger partial charge in [0.15, 0.2) is 23.7 Å². The highest BCUT2D eigenvalue weighted by Crippen LogP contribution is 2.38. The lowest BCUT2D eigenvalue weighted by atomic mass is 9.90. The van der Waals surface area contributed by atoms with Crippen LogP contribution in [0.1, 0.15) is 62.2 Å². The van der Waals surface area contributed by atoms with E-state index in [1.54, 1.807) is 13.2 Å². The Morgan fingerprint density at radius 3 is 2.77 bits per heavy atom. The first-order valence-corrected chi connectivity index (χ1v) is 8.66. The third-order valence-electron chi connectivity index (χ3n) is 5.21. The van der Waals surface area contributed by atoms with Crippen molar-refractivity contribution in [3.8, 4) is 0 Å². The van der Waals surface area contributed by atoms with E-state index in [-0.39, 0.29) is 18.3 Å². The Bertz CT molecular complexity index is 804. The van der Waals surface area contributed by atoms with Gasteiger partial charge in [-0.3, -0.25) is 4.79 Å². The van der Waals surface area contributed by atoms with E-state index in [9.17, 15) is 13.6 Å². The van der Waals surface area contributed by atoms with Crippen LogP contribution >= 0.6 is 0 Å². The summed E-state index contributed by atoms with van der Waals surface area (Å²) >= 11 is 0. The van der Waals surface area contributed by atoms with Gasteiger partial charge in [0.05, 0.1) is 0 Å². The summed E-state index contributed by atoms with van der Waals surface area (Å²) in [5, 5.41) is 8.56. The molecule has 1 aromatic carbocycles.